The van der Waals surface area contributed by atoms with Crippen molar-refractivity contribution in [3.63, 3.8) is 0 Å². The van der Waals surface area contributed by atoms with Crippen LogP contribution in [0.25, 0.3) is 0 Å². The number of rotatable bonds is 4. The van der Waals surface area contributed by atoms with Crippen molar-refractivity contribution < 1.29 is 9.53 Å². The molecule has 0 aromatic carbocycles. The van der Waals surface area contributed by atoms with Crippen molar-refractivity contribution in [3.8, 4) is 0 Å². The maximum absolute atomic E-state index is 11.7. The first-order valence-electron chi connectivity index (χ1n) is 6.02. The maximum Gasteiger partial charge on any atom is 0.356 e. The summed E-state index contributed by atoms with van der Waals surface area (Å²) in [6, 6.07) is 6.53. The van der Waals surface area contributed by atoms with Crippen LogP contribution in [-0.2, 0) is 11.3 Å². The van der Waals surface area contributed by atoms with Crippen LogP contribution in [0.15, 0.2) is 45.9 Å². The van der Waals surface area contributed by atoms with Crippen molar-refractivity contribution in [2.45, 2.75) is 13.5 Å². The Morgan fingerprint density at radius 3 is 2.85 bits per heavy atom. The predicted octanol–water partition coefficient (Wildman–Crippen LogP) is 2.17. The summed E-state index contributed by atoms with van der Waals surface area (Å²) >= 11 is 3.28. The molecule has 20 heavy (non-hydrogen) atoms. The minimum Gasteiger partial charge on any atom is -0.459 e. The van der Waals surface area contributed by atoms with Crippen molar-refractivity contribution in [2.24, 2.45) is 0 Å². The van der Waals surface area contributed by atoms with Crippen LogP contribution in [0.4, 0.5) is 0 Å². The van der Waals surface area contributed by atoms with E-state index in [4.69, 9.17) is 4.74 Å². The van der Waals surface area contributed by atoms with Gasteiger partial charge in [0.05, 0.1) is 6.54 Å². The standard InChI is InChI=1S/C14H13BrN2O3/c1-10-2-4-12(16-8-10)14(19)20-7-6-17-9-11(15)3-5-13(17)18/h2-5,8-9H,6-7H2,1H3. The molecule has 0 saturated heterocycles. The van der Waals surface area contributed by atoms with Gasteiger partial charge in [-0.05, 0) is 40.5 Å². The fourth-order valence-corrected chi connectivity index (χ4v) is 1.96. The highest BCUT2D eigenvalue weighted by molar-refractivity contribution is 9.10. The molecule has 2 heterocycles. The number of hydrogen-bond donors (Lipinski definition) is 0. The molecule has 0 fully saturated rings. The van der Waals surface area contributed by atoms with E-state index in [1.807, 2.05) is 6.92 Å². The largest absolute Gasteiger partial charge is 0.459 e. The van der Waals surface area contributed by atoms with Crippen LogP contribution < -0.4 is 5.56 Å². The predicted molar refractivity (Wildman–Crippen MR) is 77.7 cm³/mol. The molecule has 2 rings (SSSR count). The average Bonchev–Trinajstić information content (AvgIpc) is 2.43. The van der Waals surface area contributed by atoms with Crippen LogP contribution in [0.5, 0.6) is 0 Å². The zero-order valence-electron chi connectivity index (χ0n) is 10.9. The number of hydrogen-bond acceptors (Lipinski definition) is 4. The van der Waals surface area contributed by atoms with Gasteiger partial charge < -0.3 is 9.30 Å². The minimum atomic E-state index is -0.493. The van der Waals surface area contributed by atoms with Crippen LogP contribution in [0.1, 0.15) is 16.1 Å². The quantitative estimate of drug-likeness (QED) is 0.803. The molecule has 0 bridgehead atoms. The van der Waals surface area contributed by atoms with Crippen molar-refractivity contribution in [1.82, 2.24) is 9.55 Å². The van der Waals surface area contributed by atoms with E-state index in [1.54, 1.807) is 30.6 Å². The Kier molecular flexibility index (Phi) is 4.68. The topological polar surface area (TPSA) is 61.2 Å². The summed E-state index contributed by atoms with van der Waals surface area (Å²) in [5.41, 5.74) is 1.09. The lowest BCUT2D eigenvalue weighted by Gasteiger charge is -2.07. The summed E-state index contributed by atoms with van der Waals surface area (Å²) in [6.07, 6.45) is 3.26. The lowest BCUT2D eigenvalue weighted by atomic mass is 10.3. The Morgan fingerprint density at radius 1 is 1.35 bits per heavy atom. The maximum atomic E-state index is 11.7. The van der Waals surface area contributed by atoms with Crippen molar-refractivity contribution in [2.75, 3.05) is 6.61 Å². The Labute approximate surface area is 124 Å². The highest BCUT2D eigenvalue weighted by atomic mass is 79.9. The minimum absolute atomic E-state index is 0.116. The Morgan fingerprint density at radius 2 is 2.15 bits per heavy atom. The van der Waals surface area contributed by atoms with Gasteiger partial charge in [0.15, 0.2) is 0 Å². The SMILES string of the molecule is Cc1ccc(C(=O)OCCn2cc(Br)ccc2=O)nc1. The third-order valence-electron chi connectivity index (χ3n) is 2.63. The number of halogens is 1. The second-order valence-corrected chi connectivity index (χ2v) is 5.15. The fourth-order valence-electron chi connectivity index (χ4n) is 1.58. The third-order valence-corrected chi connectivity index (χ3v) is 3.10. The number of nitrogens with zero attached hydrogens (tertiary/aromatic N) is 2. The van der Waals surface area contributed by atoms with E-state index < -0.39 is 5.97 Å². The molecule has 0 saturated carbocycles. The summed E-state index contributed by atoms with van der Waals surface area (Å²) in [5, 5.41) is 0. The summed E-state index contributed by atoms with van der Waals surface area (Å²) in [6.45, 7) is 2.31. The lowest BCUT2D eigenvalue weighted by molar-refractivity contribution is 0.0483. The molecular weight excluding hydrogens is 324 g/mol. The fraction of sp³-hybridized carbons (Fsp3) is 0.214. The number of ether oxygens (including phenoxy) is 1. The smallest absolute Gasteiger partial charge is 0.356 e. The molecule has 0 atom stereocenters. The number of esters is 1. The Bertz CT molecular complexity index is 665. The van der Waals surface area contributed by atoms with E-state index in [0.29, 0.717) is 6.54 Å². The number of carbonyl (C=O) groups excluding carboxylic acids is 1. The summed E-state index contributed by atoms with van der Waals surface area (Å²) in [4.78, 5) is 27.2. The first-order valence-corrected chi connectivity index (χ1v) is 6.81. The molecule has 0 spiro atoms. The van der Waals surface area contributed by atoms with Crippen LogP contribution in [0.2, 0.25) is 0 Å². The van der Waals surface area contributed by atoms with E-state index in [0.717, 1.165) is 10.0 Å². The number of pyridine rings is 2. The lowest BCUT2D eigenvalue weighted by Crippen LogP contribution is -2.22. The number of aromatic nitrogens is 2. The van der Waals surface area contributed by atoms with Gasteiger partial charge in [-0.25, -0.2) is 9.78 Å². The second-order valence-electron chi connectivity index (χ2n) is 4.24. The van der Waals surface area contributed by atoms with Gasteiger partial charge in [0.25, 0.3) is 5.56 Å². The molecule has 0 aliphatic carbocycles. The number of carbonyl (C=O) groups is 1. The first-order chi connectivity index (χ1) is 9.56. The molecule has 0 amide bonds. The molecule has 0 radical (unpaired) electrons. The Hall–Kier alpha value is -1.95. The zero-order valence-corrected chi connectivity index (χ0v) is 12.5. The molecule has 0 N–H and O–H groups in total. The summed E-state index contributed by atoms with van der Waals surface area (Å²) in [5.74, 6) is -0.493. The summed E-state index contributed by atoms with van der Waals surface area (Å²) in [7, 11) is 0. The average molecular weight is 337 g/mol. The molecule has 6 heteroatoms. The van der Waals surface area contributed by atoms with E-state index in [-0.39, 0.29) is 17.9 Å². The molecule has 0 aliphatic heterocycles. The zero-order chi connectivity index (χ0) is 14.5. The van der Waals surface area contributed by atoms with Gasteiger partial charge in [-0.2, -0.15) is 0 Å². The highest BCUT2D eigenvalue weighted by Gasteiger charge is 2.08. The van der Waals surface area contributed by atoms with Crippen molar-refractivity contribution >= 4 is 21.9 Å². The van der Waals surface area contributed by atoms with Gasteiger partial charge in [0, 0.05) is 22.9 Å². The Balaban J connectivity index is 1.92. The van der Waals surface area contributed by atoms with E-state index in [2.05, 4.69) is 20.9 Å². The van der Waals surface area contributed by atoms with Gasteiger partial charge in [-0.3, -0.25) is 4.79 Å². The van der Waals surface area contributed by atoms with Gasteiger partial charge in [-0.1, -0.05) is 6.07 Å². The van der Waals surface area contributed by atoms with E-state index in [1.165, 1.54) is 10.6 Å². The third kappa shape index (κ3) is 3.77. The molecule has 5 nitrogen and oxygen atoms in total. The molecule has 2 aromatic rings. The van der Waals surface area contributed by atoms with Crippen LogP contribution in [0, 0.1) is 6.92 Å². The van der Waals surface area contributed by atoms with Crippen LogP contribution in [-0.4, -0.2) is 22.1 Å². The van der Waals surface area contributed by atoms with E-state index in [9.17, 15) is 9.59 Å². The highest BCUT2D eigenvalue weighted by Crippen LogP contribution is 2.05. The molecule has 0 aliphatic rings. The van der Waals surface area contributed by atoms with Gasteiger partial charge in [0.1, 0.15) is 12.3 Å². The van der Waals surface area contributed by atoms with Gasteiger partial charge in [-0.15, -0.1) is 0 Å². The van der Waals surface area contributed by atoms with Crippen LogP contribution >= 0.6 is 15.9 Å². The van der Waals surface area contributed by atoms with E-state index >= 15 is 0 Å². The van der Waals surface area contributed by atoms with Crippen molar-refractivity contribution in [1.29, 1.82) is 0 Å². The number of aryl methyl sites for hydroxylation is 1. The normalized spacial score (nSPS) is 10.3. The second kappa shape index (κ2) is 6.47. The van der Waals surface area contributed by atoms with Crippen molar-refractivity contribution in [3.05, 3.63) is 62.7 Å². The molecule has 0 unspecified atom stereocenters. The molecule has 104 valence electrons. The van der Waals surface area contributed by atoms with Crippen LogP contribution in [0.3, 0.4) is 0 Å². The monoisotopic (exact) mass is 336 g/mol. The first kappa shape index (κ1) is 14.5. The summed E-state index contributed by atoms with van der Waals surface area (Å²) < 4.78 is 7.36. The molecular formula is C14H13BrN2O3. The van der Waals surface area contributed by atoms with Gasteiger partial charge in [0.2, 0.25) is 0 Å². The van der Waals surface area contributed by atoms with Gasteiger partial charge >= 0.3 is 5.97 Å². The molecule has 2 aromatic heterocycles.